The highest BCUT2D eigenvalue weighted by atomic mass is 17.1. The van der Waals surface area contributed by atoms with E-state index < -0.39 is 47.4 Å². The number of hydrogen-bond acceptors (Lipinski definition) is 11. The van der Waals surface area contributed by atoms with Gasteiger partial charge in [0.1, 0.15) is 18.1 Å². The van der Waals surface area contributed by atoms with Gasteiger partial charge in [-0.15, -0.1) is 0 Å². The minimum absolute atomic E-state index is 0.00543. The molecule has 16 heteroatoms. The highest BCUT2D eigenvalue weighted by molar-refractivity contribution is 5.95. The first kappa shape index (κ1) is 43.2. The molecule has 0 spiro atoms. The zero-order valence-electron chi connectivity index (χ0n) is 32.1. The van der Waals surface area contributed by atoms with Crippen molar-refractivity contribution in [3.63, 3.8) is 0 Å². The largest absolute Gasteiger partial charge is 0.464 e. The number of likely N-dealkylation sites (tertiary alicyclic amines) is 1. The van der Waals surface area contributed by atoms with Gasteiger partial charge < -0.3 is 30.3 Å². The first-order valence-electron chi connectivity index (χ1n) is 18.4. The van der Waals surface area contributed by atoms with Gasteiger partial charge in [0.05, 0.1) is 31.2 Å². The Labute approximate surface area is 311 Å². The molecule has 1 aromatic carbocycles. The first-order valence-corrected chi connectivity index (χ1v) is 18.4. The lowest BCUT2D eigenvalue weighted by Gasteiger charge is -2.40. The summed E-state index contributed by atoms with van der Waals surface area (Å²) in [6.45, 7) is 11.5. The summed E-state index contributed by atoms with van der Waals surface area (Å²) in [5.74, 6) is -1.94. The van der Waals surface area contributed by atoms with Crippen LogP contribution in [0, 0.1) is 5.41 Å². The summed E-state index contributed by atoms with van der Waals surface area (Å²) < 4.78 is 11.7. The number of carbonyl (C=O) groups is 5. The Morgan fingerprint density at radius 1 is 0.925 bits per heavy atom. The van der Waals surface area contributed by atoms with Crippen LogP contribution in [0.3, 0.4) is 0 Å². The Bertz CT molecular complexity index is 1530. The van der Waals surface area contributed by atoms with Gasteiger partial charge in [0.15, 0.2) is 0 Å². The molecule has 1 aromatic heterocycles. The minimum Gasteiger partial charge on any atom is -0.464 e. The Balaban J connectivity index is 1.95. The van der Waals surface area contributed by atoms with Gasteiger partial charge in [-0.2, -0.15) is 0 Å². The predicted octanol–water partition coefficient (Wildman–Crippen LogP) is 4.68. The Morgan fingerprint density at radius 2 is 1.57 bits per heavy atom. The maximum absolute atomic E-state index is 14.2. The fraction of sp³-hybridized carbons (Fsp3) is 0.649. The number of esters is 1. The number of hydrogen-bond donors (Lipinski definition) is 5. The Morgan fingerprint density at radius 3 is 2.19 bits per heavy atom. The molecule has 4 unspecified atom stereocenters. The molecule has 16 nitrogen and oxygen atoms in total. The fourth-order valence-electron chi connectivity index (χ4n) is 6.64. The van der Waals surface area contributed by atoms with Crippen LogP contribution < -0.4 is 16.0 Å². The summed E-state index contributed by atoms with van der Waals surface area (Å²) in [7, 11) is 1.26. The molecular weight excluding hydrogens is 688 g/mol. The average Bonchev–Trinajstić information content (AvgIpc) is 3.46. The van der Waals surface area contributed by atoms with Gasteiger partial charge in [0, 0.05) is 36.5 Å². The first-order chi connectivity index (χ1) is 25.1. The van der Waals surface area contributed by atoms with Crippen LogP contribution in [0.25, 0.3) is 10.9 Å². The zero-order valence-corrected chi connectivity index (χ0v) is 32.1. The summed E-state index contributed by atoms with van der Waals surface area (Å²) in [6, 6.07) is 3.44. The van der Waals surface area contributed by atoms with Crippen LogP contribution in [0.5, 0.6) is 0 Å². The number of unbranched alkanes of at least 4 members (excludes halogenated alkanes) is 1. The van der Waals surface area contributed by atoms with Crippen LogP contribution in [-0.2, 0) is 35.1 Å². The smallest absolute Gasteiger partial charge is 0.418 e. The van der Waals surface area contributed by atoms with E-state index in [4.69, 9.17) is 19.9 Å². The number of fused-ring (bicyclic) bond motifs is 1. The molecule has 296 valence electrons. The maximum atomic E-state index is 14.2. The molecule has 0 bridgehead atoms. The van der Waals surface area contributed by atoms with E-state index in [0.29, 0.717) is 22.9 Å². The van der Waals surface area contributed by atoms with Gasteiger partial charge >= 0.3 is 18.1 Å². The van der Waals surface area contributed by atoms with Crippen LogP contribution >= 0.6 is 0 Å². The summed E-state index contributed by atoms with van der Waals surface area (Å²) in [4.78, 5) is 74.2. The van der Waals surface area contributed by atoms with Crippen molar-refractivity contribution in [1.29, 1.82) is 0 Å². The third-order valence-corrected chi connectivity index (χ3v) is 9.27. The molecule has 0 radical (unpaired) electrons. The van der Waals surface area contributed by atoms with Crippen LogP contribution in [0.2, 0.25) is 0 Å². The molecule has 0 aliphatic carbocycles. The van der Waals surface area contributed by atoms with Crippen molar-refractivity contribution >= 4 is 40.8 Å². The zero-order chi connectivity index (χ0) is 39.3. The standard InChI is InChI=1S/C37H58N6O10/c1-8-9-17-28(34(46)52-19-13-20-53-43(49)50)38-32(44)29(21-26-23-41(36(48)51-7)31-18-11-10-16-27(26)31)39-33(45)30(22-37(4,5)6)40-35(47)42-24(2)14-12-15-25(42)3/h10-11,16,18,23-25,28-30,49-50H,8-9,12-15,17,19-22H2,1-7H3,(H,38,44)(H,39,45)(H,40,47)/t24?,25?,28-,29?,30?/m1/s1. The molecule has 1 aliphatic rings. The van der Waals surface area contributed by atoms with Crippen LogP contribution in [0.1, 0.15) is 98.5 Å². The second-order valence-corrected chi connectivity index (χ2v) is 14.9. The molecule has 5 atom stereocenters. The lowest BCUT2D eigenvalue weighted by atomic mass is 9.87. The third kappa shape index (κ3) is 13.0. The molecule has 1 fully saturated rings. The molecule has 1 saturated heterocycles. The quantitative estimate of drug-likeness (QED) is 0.0855. The van der Waals surface area contributed by atoms with Gasteiger partial charge in [-0.1, -0.05) is 58.7 Å². The number of amides is 4. The monoisotopic (exact) mass is 746 g/mol. The van der Waals surface area contributed by atoms with Crippen molar-refractivity contribution in [2.75, 3.05) is 20.3 Å². The number of para-hydroxylation sites is 1. The van der Waals surface area contributed by atoms with Crippen molar-refractivity contribution in [3.05, 3.63) is 36.0 Å². The number of nitrogens with zero attached hydrogens (tertiary/aromatic N) is 3. The second-order valence-electron chi connectivity index (χ2n) is 14.9. The van der Waals surface area contributed by atoms with Crippen LogP contribution in [0.4, 0.5) is 9.59 Å². The lowest BCUT2D eigenvalue weighted by Crippen LogP contribution is -2.60. The van der Waals surface area contributed by atoms with Crippen molar-refractivity contribution in [2.24, 2.45) is 5.41 Å². The van der Waals surface area contributed by atoms with E-state index in [-0.39, 0.29) is 62.4 Å². The summed E-state index contributed by atoms with van der Waals surface area (Å²) in [6.07, 6.45) is 5.58. The number of urea groups is 1. The predicted molar refractivity (Wildman–Crippen MR) is 195 cm³/mol. The van der Waals surface area contributed by atoms with Crippen LogP contribution in [-0.4, -0.2) is 106 Å². The number of aromatic nitrogens is 1. The molecule has 1 aliphatic heterocycles. The normalized spacial score (nSPS) is 17.9. The summed E-state index contributed by atoms with van der Waals surface area (Å²) >= 11 is 0. The molecule has 5 N–H and O–H groups in total. The number of carbonyl (C=O) groups excluding carboxylic acids is 5. The third-order valence-electron chi connectivity index (χ3n) is 9.27. The average molecular weight is 747 g/mol. The van der Waals surface area contributed by atoms with Crippen molar-refractivity contribution in [2.45, 2.75) is 130 Å². The molecule has 0 saturated carbocycles. The van der Waals surface area contributed by atoms with E-state index in [1.165, 1.54) is 11.7 Å². The number of ether oxygens (including phenoxy) is 2. The van der Waals surface area contributed by atoms with Crippen molar-refractivity contribution < 1.29 is 48.7 Å². The topological polar surface area (TPSA) is 201 Å². The van der Waals surface area contributed by atoms with Crippen molar-refractivity contribution in [1.82, 2.24) is 30.8 Å². The van der Waals surface area contributed by atoms with E-state index in [0.717, 1.165) is 25.7 Å². The van der Waals surface area contributed by atoms with E-state index in [2.05, 4.69) is 20.8 Å². The number of methoxy groups -OCH3 is 1. The van der Waals surface area contributed by atoms with Gasteiger partial charge in [-0.3, -0.25) is 29.4 Å². The van der Waals surface area contributed by atoms with E-state index in [9.17, 15) is 24.0 Å². The number of rotatable bonds is 17. The second kappa shape index (κ2) is 20.3. The Kier molecular flexibility index (Phi) is 16.5. The van der Waals surface area contributed by atoms with Crippen LogP contribution in [0.15, 0.2) is 30.5 Å². The lowest BCUT2D eigenvalue weighted by molar-refractivity contribution is -0.492. The highest BCUT2D eigenvalue weighted by Gasteiger charge is 2.36. The molecule has 2 heterocycles. The number of piperidine rings is 1. The van der Waals surface area contributed by atoms with Crippen molar-refractivity contribution in [3.8, 4) is 0 Å². The molecule has 2 aromatic rings. The van der Waals surface area contributed by atoms with Gasteiger partial charge in [0.25, 0.3) is 0 Å². The molecule has 4 amide bonds. The molecular formula is C37H58N6O10. The number of nitrogens with one attached hydrogen (secondary N) is 3. The van der Waals surface area contributed by atoms with Gasteiger partial charge in [0.2, 0.25) is 11.8 Å². The van der Waals surface area contributed by atoms with Gasteiger partial charge in [-0.05, 0) is 63.0 Å². The van der Waals surface area contributed by atoms with E-state index in [1.54, 1.807) is 35.4 Å². The highest BCUT2D eigenvalue weighted by Crippen LogP contribution is 2.26. The molecule has 53 heavy (non-hydrogen) atoms. The fourth-order valence-corrected chi connectivity index (χ4v) is 6.64. The SMILES string of the molecule is CCCC[C@@H](NC(=O)C(Cc1cn(C(=O)OC)c2ccccc12)NC(=O)C(CC(C)(C)C)NC(=O)N1C(C)CCCC1C)C(=O)OCCCON(O)O. The maximum Gasteiger partial charge on any atom is 0.418 e. The number of benzene rings is 1. The minimum atomic E-state index is -1.24. The van der Waals surface area contributed by atoms with E-state index in [1.807, 2.05) is 41.5 Å². The summed E-state index contributed by atoms with van der Waals surface area (Å²) in [5, 5.41) is 26.3. The van der Waals surface area contributed by atoms with Gasteiger partial charge in [-0.25, -0.2) is 14.4 Å². The summed E-state index contributed by atoms with van der Waals surface area (Å²) in [5.41, 5.74) is 0.724. The van der Waals surface area contributed by atoms with E-state index >= 15 is 0 Å². The Hall–Kier alpha value is -4.25. The molecule has 3 rings (SSSR count).